The van der Waals surface area contributed by atoms with E-state index in [4.69, 9.17) is 0 Å². The van der Waals surface area contributed by atoms with E-state index in [1.165, 1.54) is 18.4 Å². The van der Waals surface area contributed by atoms with Crippen molar-refractivity contribution in [1.29, 1.82) is 0 Å². The molecule has 2 unspecified atom stereocenters. The lowest BCUT2D eigenvalue weighted by atomic mass is 9.97. The zero-order valence-electron chi connectivity index (χ0n) is 11.2. The molecular weight excluding hydrogens is 224 g/mol. The Balaban J connectivity index is 1.90. The van der Waals surface area contributed by atoms with Gasteiger partial charge in [0.15, 0.2) is 0 Å². The monoisotopic (exact) mass is 246 g/mol. The maximum Gasteiger partial charge on any atom is 0.243 e. The number of fused-ring (bicyclic) bond motifs is 1. The van der Waals surface area contributed by atoms with Gasteiger partial charge in [-0.1, -0.05) is 44.9 Å². The summed E-state index contributed by atoms with van der Waals surface area (Å²) >= 11 is 0. The number of unbranched alkanes of at least 4 members (excludes halogenated alkanes) is 2. The van der Waals surface area contributed by atoms with Gasteiger partial charge in [0.2, 0.25) is 5.91 Å². The van der Waals surface area contributed by atoms with Crippen LogP contribution in [-0.4, -0.2) is 18.5 Å². The average Bonchev–Trinajstić information content (AvgIpc) is 2.73. The highest BCUT2D eigenvalue weighted by atomic mass is 16.2. The van der Waals surface area contributed by atoms with Crippen molar-refractivity contribution in [2.45, 2.75) is 45.1 Å². The molecule has 1 aromatic carbocycles. The zero-order valence-corrected chi connectivity index (χ0v) is 11.2. The van der Waals surface area contributed by atoms with Crippen LogP contribution in [0, 0.1) is 0 Å². The third kappa shape index (κ3) is 2.66. The molecule has 0 spiro atoms. The molecule has 3 heteroatoms. The first-order chi connectivity index (χ1) is 8.74. The van der Waals surface area contributed by atoms with E-state index in [9.17, 15) is 4.79 Å². The van der Waals surface area contributed by atoms with Gasteiger partial charge in [0.05, 0.1) is 0 Å². The lowest BCUT2D eigenvalue weighted by molar-refractivity contribution is -0.122. The molecule has 2 atom stereocenters. The van der Waals surface area contributed by atoms with E-state index in [-0.39, 0.29) is 17.9 Å². The molecule has 1 aromatic rings. The molecule has 0 fully saturated rings. The van der Waals surface area contributed by atoms with Gasteiger partial charge in [0.25, 0.3) is 0 Å². The summed E-state index contributed by atoms with van der Waals surface area (Å²) in [4.78, 5) is 12.1. The highest BCUT2D eigenvalue weighted by molar-refractivity contribution is 5.88. The average molecular weight is 246 g/mol. The van der Waals surface area contributed by atoms with Crippen LogP contribution in [0.1, 0.15) is 44.6 Å². The minimum Gasteiger partial charge on any atom is -0.373 e. The molecule has 1 heterocycles. The highest BCUT2D eigenvalue weighted by Gasteiger charge is 2.33. The molecule has 1 aliphatic heterocycles. The minimum absolute atomic E-state index is 0.120. The zero-order chi connectivity index (χ0) is 13.0. The summed E-state index contributed by atoms with van der Waals surface area (Å²) < 4.78 is 0. The molecule has 1 aliphatic rings. The van der Waals surface area contributed by atoms with Crippen LogP contribution in [0.4, 0.5) is 5.69 Å². The predicted molar refractivity (Wildman–Crippen MR) is 74.8 cm³/mol. The molecule has 18 heavy (non-hydrogen) atoms. The second-order valence-electron chi connectivity index (χ2n) is 5.00. The van der Waals surface area contributed by atoms with Crippen molar-refractivity contribution in [2.24, 2.45) is 0 Å². The summed E-state index contributed by atoms with van der Waals surface area (Å²) in [5, 5.41) is 6.34. The molecule has 0 saturated carbocycles. The van der Waals surface area contributed by atoms with Gasteiger partial charge >= 0.3 is 0 Å². The second kappa shape index (κ2) is 5.89. The van der Waals surface area contributed by atoms with E-state index in [1.807, 2.05) is 18.2 Å². The van der Waals surface area contributed by atoms with Crippen molar-refractivity contribution in [3.63, 3.8) is 0 Å². The van der Waals surface area contributed by atoms with Crippen molar-refractivity contribution >= 4 is 11.6 Å². The number of hydrogen-bond acceptors (Lipinski definition) is 2. The van der Waals surface area contributed by atoms with Gasteiger partial charge in [-0.25, -0.2) is 0 Å². The largest absolute Gasteiger partial charge is 0.373 e. The SMILES string of the molecule is CCCCCNC(=O)C1Nc2ccccc2C1C. The van der Waals surface area contributed by atoms with Crippen LogP contribution in [0.2, 0.25) is 0 Å². The summed E-state index contributed by atoms with van der Waals surface area (Å²) in [6.45, 7) is 5.06. The number of para-hydroxylation sites is 1. The standard InChI is InChI=1S/C15H22N2O/c1-3-4-7-10-16-15(18)14-11(2)12-8-5-6-9-13(12)17-14/h5-6,8-9,11,14,17H,3-4,7,10H2,1-2H3,(H,16,18). The van der Waals surface area contributed by atoms with E-state index in [1.54, 1.807) is 0 Å². The van der Waals surface area contributed by atoms with Crippen LogP contribution in [0.25, 0.3) is 0 Å². The summed E-state index contributed by atoms with van der Waals surface area (Å²) in [7, 11) is 0. The van der Waals surface area contributed by atoms with Gasteiger partial charge in [0, 0.05) is 18.2 Å². The molecule has 3 nitrogen and oxygen atoms in total. The Morgan fingerprint density at radius 2 is 2.11 bits per heavy atom. The van der Waals surface area contributed by atoms with Crippen LogP contribution >= 0.6 is 0 Å². The van der Waals surface area contributed by atoms with Gasteiger partial charge in [0.1, 0.15) is 6.04 Å². The fraction of sp³-hybridized carbons (Fsp3) is 0.533. The van der Waals surface area contributed by atoms with Crippen molar-refractivity contribution in [1.82, 2.24) is 5.32 Å². The lowest BCUT2D eigenvalue weighted by Crippen LogP contribution is -2.40. The summed E-state index contributed by atoms with van der Waals surface area (Å²) in [5.74, 6) is 0.363. The first-order valence-electron chi connectivity index (χ1n) is 6.87. The normalized spacial score (nSPS) is 21.2. The highest BCUT2D eigenvalue weighted by Crippen LogP contribution is 2.35. The van der Waals surface area contributed by atoms with Gasteiger partial charge in [-0.05, 0) is 18.1 Å². The number of carbonyl (C=O) groups excluding carboxylic acids is 1. The second-order valence-corrected chi connectivity index (χ2v) is 5.00. The minimum atomic E-state index is -0.121. The predicted octanol–water partition coefficient (Wildman–Crippen LogP) is 2.89. The number of nitrogens with one attached hydrogen (secondary N) is 2. The number of rotatable bonds is 5. The first-order valence-corrected chi connectivity index (χ1v) is 6.87. The van der Waals surface area contributed by atoms with Crippen molar-refractivity contribution in [2.75, 3.05) is 11.9 Å². The van der Waals surface area contributed by atoms with Gasteiger partial charge < -0.3 is 10.6 Å². The maximum atomic E-state index is 12.1. The van der Waals surface area contributed by atoms with Crippen LogP contribution in [0.5, 0.6) is 0 Å². The number of hydrogen-bond donors (Lipinski definition) is 2. The summed E-state index contributed by atoms with van der Waals surface area (Å²) in [5.41, 5.74) is 2.34. The third-order valence-corrected chi connectivity index (χ3v) is 3.62. The molecule has 0 bridgehead atoms. The van der Waals surface area contributed by atoms with Crippen LogP contribution in [0.15, 0.2) is 24.3 Å². The molecule has 1 amide bonds. The van der Waals surface area contributed by atoms with Crippen LogP contribution in [0.3, 0.4) is 0 Å². The quantitative estimate of drug-likeness (QED) is 0.784. The molecule has 0 radical (unpaired) electrons. The fourth-order valence-corrected chi connectivity index (χ4v) is 2.49. The Morgan fingerprint density at radius 3 is 2.83 bits per heavy atom. The van der Waals surface area contributed by atoms with E-state index in [2.05, 4.69) is 30.5 Å². The van der Waals surface area contributed by atoms with Crippen molar-refractivity contribution in [3.05, 3.63) is 29.8 Å². The van der Waals surface area contributed by atoms with E-state index < -0.39 is 0 Å². The van der Waals surface area contributed by atoms with E-state index >= 15 is 0 Å². The third-order valence-electron chi connectivity index (χ3n) is 3.62. The Labute approximate surface area is 109 Å². The van der Waals surface area contributed by atoms with Crippen LogP contribution < -0.4 is 10.6 Å². The molecule has 2 rings (SSSR count). The first kappa shape index (κ1) is 12.9. The van der Waals surface area contributed by atoms with E-state index in [0.29, 0.717) is 0 Å². The molecule has 2 N–H and O–H groups in total. The Hall–Kier alpha value is -1.51. The Bertz CT molecular complexity index is 417. The van der Waals surface area contributed by atoms with Crippen molar-refractivity contribution in [3.8, 4) is 0 Å². The lowest BCUT2D eigenvalue weighted by Gasteiger charge is -2.16. The summed E-state index contributed by atoms with van der Waals surface area (Å²) in [6.07, 6.45) is 3.42. The molecular formula is C15H22N2O. The van der Waals surface area contributed by atoms with Gasteiger partial charge in [-0.15, -0.1) is 0 Å². The van der Waals surface area contributed by atoms with Crippen molar-refractivity contribution < 1.29 is 4.79 Å². The van der Waals surface area contributed by atoms with Gasteiger partial charge in [-0.3, -0.25) is 4.79 Å². The number of amides is 1. The number of anilines is 1. The number of carbonyl (C=O) groups is 1. The molecule has 0 aliphatic carbocycles. The van der Waals surface area contributed by atoms with Crippen LogP contribution in [-0.2, 0) is 4.79 Å². The Kier molecular flexibility index (Phi) is 4.24. The molecule has 98 valence electrons. The maximum absolute atomic E-state index is 12.1. The number of benzene rings is 1. The Morgan fingerprint density at radius 1 is 1.33 bits per heavy atom. The molecule has 0 saturated heterocycles. The fourth-order valence-electron chi connectivity index (χ4n) is 2.49. The topological polar surface area (TPSA) is 41.1 Å². The van der Waals surface area contributed by atoms with E-state index in [0.717, 1.165) is 18.7 Å². The smallest absolute Gasteiger partial charge is 0.243 e. The summed E-state index contributed by atoms with van der Waals surface area (Å²) in [6, 6.07) is 8.04. The van der Waals surface area contributed by atoms with Gasteiger partial charge in [-0.2, -0.15) is 0 Å². The molecule has 0 aromatic heterocycles.